The van der Waals surface area contributed by atoms with E-state index in [-0.39, 0.29) is 5.91 Å². The van der Waals surface area contributed by atoms with Crippen molar-refractivity contribution in [2.75, 3.05) is 12.3 Å². The van der Waals surface area contributed by atoms with Gasteiger partial charge in [0.25, 0.3) is 0 Å². The molecule has 0 unspecified atom stereocenters. The summed E-state index contributed by atoms with van der Waals surface area (Å²) >= 11 is 7.83. The summed E-state index contributed by atoms with van der Waals surface area (Å²) in [6.45, 7) is 2.76. The van der Waals surface area contributed by atoms with Crippen molar-refractivity contribution in [3.8, 4) is 0 Å². The van der Waals surface area contributed by atoms with Crippen molar-refractivity contribution in [2.45, 2.75) is 24.7 Å². The summed E-state index contributed by atoms with van der Waals surface area (Å²) < 4.78 is 0. The van der Waals surface area contributed by atoms with Gasteiger partial charge in [-0.3, -0.25) is 4.79 Å². The molecule has 0 fully saturated rings. The summed E-state index contributed by atoms with van der Waals surface area (Å²) in [7, 11) is 0. The molecule has 0 spiro atoms. The van der Waals surface area contributed by atoms with Crippen molar-refractivity contribution in [1.82, 2.24) is 5.32 Å². The van der Waals surface area contributed by atoms with Crippen LogP contribution < -0.4 is 5.32 Å². The Morgan fingerprint density at radius 3 is 2.59 bits per heavy atom. The number of carbonyl (C=O) groups is 1. The molecule has 0 aliphatic carbocycles. The van der Waals surface area contributed by atoms with Crippen LogP contribution in [0, 0.1) is 6.92 Å². The maximum atomic E-state index is 11.8. The molecule has 0 bridgehead atoms. The van der Waals surface area contributed by atoms with Gasteiger partial charge in [-0.2, -0.15) is 0 Å². The second-order valence-electron chi connectivity index (χ2n) is 5.10. The number of hydrogen-bond donors (Lipinski definition) is 1. The minimum atomic E-state index is 0.0735. The molecule has 0 heterocycles. The van der Waals surface area contributed by atoms with Crippen molar-refractivity contribution in [1.29, 1.82) is 0 Å². The molecule has 0 aliphatic rings. The topological polar surface area (TPSA) is 29.1 Å². The zero-order valence-corrected chi connectivity index (χ0v) is 14.2. The van der Waals surface area contributed by atoms with Gasteiger partial charge >= 0.3 is 0 Å². The second kappa shape index (κ2) is 8.86. The Labute approximate surface area is 141 Å². The van der Waals surface area contributed by atoms with Crippen LogP contribution in [0.25, 0.3) is 0 Å². The molecule has 0 aliphatic heterocycles. The predicted octanol–water partition coefficient (Wildman–Crippen LogP) is 4.49. The molecule has 0 saturated heterocycles. The van der Waals surface area contributed by atoms with Gasteiger partial charge in [0.1, 0.15) is 0 Å². The molecule has 2 nitrogen and oxygen atoms in total. The zero-order valence-electron chi connectivity index (χ0n) is 12.6. The van der Waals surface area contributed by atoms with Crippen molar-refractivity contribution in [2.24, 2.45) is 0 Å². The Balaban J connectivity index is 1.64. The quantitative estimate of drug-likeness (QED) is 0.597. The van der Waals surface area contributed by atoms with Crippen LogP contribution in [-0.4, -0.2) is 18.2 Å². The summed E-state index contributed by atoms with van der Waals surface area (Å²) in [5.74, 6) is 0.949. The van der Waals surface area contributed by atoms with Crippen LogP contribution in [-0.2, 0) is 11.2 Å². The Hall–Kier alpha value is -1.45. The Morgan fingerprint density at radius 1 is 1.14 bits per heavy atom. The third kappa shape index (κ3) is 5.74. The fraction of sp³-hybridized carbons (Fsp3) is 0.278. The van der Waals surface area contributed by atoms with Gasteiger partial charge < -0.3 is 5.32 Å². The zero-order chi connectivity index (χ0) is 15.8. The van der Waals surface area contributed by atoms with E-state index in [4.69, 9.17) is 11.6 Å². The van der Waals surface area contributed by atoms with Gasteiger partial charge in [0, 0.05) is 28.6 Å². The monoisotopic (exact) mass is 333 g/mol. The summed E-state index contributed by atoms with van der Waals surface area (Å²) in [5.41, 5.74) is 2.28. The summed E-state index contributed by atoms with van der Waals surface area (Å²) in [6, 6.07) is 16.1. The third-order valence-electron chi connectivity index (χ3n) is 3.29. The SMILES string of the molecule is Cc1ccc(SCCNC(=O)CCc2ccccc2Cl)cc1. The first kappa shape index (κ1) is 16.9. The Kier molecular flexibility index (Phi) is 6.81. The van der Waals surface area contributed by atoms with Crippen molar-refractivity contribution >= 4 is 29.3 Å². The second-order valence-corrected chi connectivity index (χ2v) is 6.68. The van der Waals surface area contributed by atoms with E-state index >= 15 is 0 Å². The molecule has 22 heavy (non-hydrogen) atoms. The number of nitrogens with one attached hydrogen (secondary N) is 1. The van der Waals surface area contributed by atoms with E-state index in [0.29, 0.717) is 19.4 Å². The molecule has 0 atom stereocenters. The largest absolute Gasteiger partial charge is 0.355 e. The normalized spacial score (nSPS) is 10.5. The Bertz CT molecular complexity index is 613. The lowest BCUT2D eigenvalue weighted by Crippen LogP contribution is -2.25. The van der Waals surface area contributed by atoms with Crippen LogP contribution >= 0.6 is 23.4 Å². The van der Waals surface area contributed by atoms with Crippen LogP contribution in [0.5, 0.6) is 0 Å². The lowest BCUT2D eigenvalue weighted by Gasteiger charge is -2.06. The maximum Gasteiger partial charge on any atom is 0.220 e. The number of rotatable bonds is 7. The first-order valence-electron chi connectivity index (χ1n) is 7.35. The van der Waals surface area contributed by atoms with Gasteiger partial charge in [-0.15, -0.1) is 11.8 Å². The standard InChI is InChI=1S/C18H20ClNOS/c1-14-6-9-16(10-7-14)22-13-12-20-18(21)11-8-15-4-2-3-5-17(15)19/h2-7,9-10H,8,11-13H2,1H3,(H,20,21). The molecular formula is C18H20ClNOS. The maximum absolute atomic E-state index is 11.8. The van der Waals surface area contributed by atoms with Crippen LogP contribution in [0.1, 0.15) is 17.5 Å². The summed E-state index contributed by atoms with van der Waals surface area (Å²) in [6.07, 6.45) is 1.15. The molecule has 1 N–H and O–H groups in total. The van der Waals surface area contributed by atoms with Crippen LogP contribution in [0.2, 0.25) is 5.02 Å². The highest BCUT2D eigenvalue weighted by molar-refractivity contribution is 7.99. The van der Waals surface area contributed by atoms with E-state index in [2.05, 4.69) is 36.5 Å². The van der Waals surface area contributed by atoms with Gasteiger partial charge in [-0.25, -0.2) is 0 Å². The first-order valence-corrected chi connectivity index (χ1v) is 8.71. The van der Waals surface area contributed by atoms with Gasteiger partial charge in [-0.05, 0) is 37.1 Å². The highest BCUT2D eigenvalue weighted by atomic mass is 35.5. The molecule has 0 aromatic heterocycles. The lowest BCUT2D eigenvalue weighted by molar-refractivity contribution is -0.120. The van der Waals surface area contributed by atoms with Crippen molar-refractivity contribution in [3.05, 3.63) is 64.7 Å². The molecule has 0 radical (unpaired) electrons. The average Bonchev–Trinajstić information content (AvgIpc) is 2.52. The minimum absolute atomic E-state index is 0.0735. The van der Waals surface area contributed by atoms with Gasteiger partial charge in [0.2, 0.25) is 5.91 Å². The van der Waals surface area contributed by atoms with Gasteiger partial charge in [0.15, 0.2) is 0 Å². The highest BCUT2D eigenvalue weighted by Crippen LogP contribution is 2.18. The number of thioether (sulfide) groups is 1. The molecular weight excluding hydrogens is 314 g/mol. The lowest BCUT2D eigenvalue weighted by atomic mass is 10.1. The number of amides is 1. The molecule has 4 heteroatoms. The molecule has 0 saturated carbocycles. The fourth-order valence-electron chi connectivity index (χ4n) is 2.03. The number of halogens is 1. The molecule has 2 rings (SSSR count). The molecule has 2 aromatic carbocycles. The number of carbonyl (C=O) groups excluding carboxylic acids is 1. The van der Waals surface area contributed by atoms with E-state index in [0.717, 1.165) is 16.3 Å². The highest BCUT2D eigenvalue weighted by Gasteiger charge is 2.04. The number of aryl methyl sites for hydroxylation is 2. The van der Waals surface area contributed by atoms with E-state index in [1.165, 1.54) is 10.5 Å². The average molecular weight is 334 g/mol. The van der Waals surface area contributed by atoms with Crippen LogP contribution in [0.15, 0.2) is 53.4 Å². The van der Waals surface area contributed by atoms with Crippen molar-refractivity contribution < 1.29 is 4.79 Å². The van der Waals surface area contributed by atoms with E-state index < -0.39 is 0 Å². The Morgan fingerprint density at radius 2 is 1.86 bits per heavy atom. The number of hydrogen-bond acceptors (Lipinski definition) is 2. The predicted molar refractivity (Wildman–Crippen MR) is 94.7 cm³/mol. The third-order valence-corrected chi connectivity index (χ3v) is 4.68. The molecule has 1 amide bonds. The number of benzene rings is 2. The first-order chi connectivity index (χ1) is 10.6. The van der Waals surface area contributed by atoms with Crippen LogP contribution in [0.4, 0.5) is 0 Å². The fourth-order valence-corrected chi connectivity index (χ4v) is 3.03. The minimum Gasteiger partial charge on any atom is -0.355 e. The summed E-state index contributed by atoms with van der Waals surface area (Å²) in [5, 5.41) is 3.68. The molecule has 2 aromatic rings. The van der Waals surface area contributed by atoms with Gasteiger partial charge in [-0.1, -0.05) is 47.5 Å². The van der Waals surface area contributed by atoms with Crippen LogP contribution in [0.3, 0.4) is 0 Å². The smallest absolute Gasteiger partial charge is 0.220 e. The van der Waals surface area contributed by atoms with E-state index in [1.807, 2.05) is 24.3 Å². The van der Waals surface area contributed by atoms with E-state index in [9.17, 15) is 4.79 Å². The van der Waals surface area contributed by atoms with Crippen molar-refractivity contribution in [3.63, 3.8) is 0 Å². The van der Waals surface area contributed by atoms with Gasteiger partial charge in [0.05, 0.1) is 0 Å². The van der Waals surface area contributed by atoms with E-state index in [1.54, 1.807) is 11.8 Å². The molecule has 116 valence electrons. The summed E-state index contributed by atoms with van der Waals surface area (Å²) in [4.78, 5) is 13.1.